The molecule has 0 spiro atoms. The summed E-state index contributed by atoms with van der Waals surface area (Å²) in [6, 6.07) is 18.1. The third kappa shape index (κ3) is 4.03. The van der Waals surface area contributed by atoms with Crippen molar-refractivity contribution in [1.82, 2.24) is 0 Å². The minimum atomic E-state index is -0.388. The number of carbonyl (C=O) groups excluding carboxylic acids is 1. The number of nitrogens with zero attached hydrogens (tertiary/aromatic N) is 1. The van der Waals surface area contributed by atoms with Crippen LogP contribution in [-0.4, -0.2) is 5.78 Å². The minimum absolute atomic E-state index is 0.194. The summed E-state index contributed by atoms with van der Waals surface area (Å²) in [4.78, 5) is 13.6. The van der Waals surface area contributed by atoms with Crippen LogP contribution in [0.5, 0.6) is 0 Å². The Balaban J connectivity index is 1.88. The van der Waals surface area contributed by atoms with E-state index >= 15 is 0 Å². The molecule has 1 aromatic heterocycles. The molecule has 0 aliphatic carbocycles. The summed E-state index contributed by atoms with van der Waals surface area (Å²) >= 11 is 7.10. The van der Waals surface area contributed by atoms with Gasteiger partial charge in [0.25, 0.3) is 0 Å². The summed E-state index contributed by atoms with van der Waals surface area (Å²) in [6.07, 6.45) is 1.74. The first-order chi connectivity index (χ1) is 12.1. The van der Waals surface area contributed by atoms with Gasteiger partial charge in [0.15, 0.2) is 0 Å². The van der Waals surface area contributed by atoms with E-state index in [4.69, 9.17) is 11.6 Å². The van der Waals surface area contributed by atoms with Gasteiger partial charge in [0, 0.05) is 15.5 Å². The molecule has 0 N–H and O–H groups in total. The Bertz CT molecular complexity index is 982. The smallest absolute Gasteiger partial charge is 0.202 e. The molecular formula is C20H11ClFNOS. The number of allylic oxidation sites excluding steroid dienone is 1. The lowest BCUT2D eigenvalue weighted by molar-refractivity contribution is 0.104. The predicted octanol–water partition coefficient (Wildman–Crippen LogP) is 5.84. The van der Waals surface area contributed by atoms with Gasteiger partial charge in [-0.3, -0.25) is 4.79 Å². The molecule has 122 valence electrons. The van der Waals surface area contributed by atoms with E-state index in [9.17, 15) is 14.4 Å². The molecular weight excluding hydrogens is 357 g/mol. The van der Waals surface area contributed by atoms with Crippen LogP contribution in [-0.2, 0) is 0 Å². The summed E-state index contributed by atoms with van der Waals surface area (Å²) in [7, 11) is 0. The largest absolute Gasteiger partial charge is 0.288 e. The molecule has 0 fully saturated rings. The number of hydrogen-bond donors (Lipinski definition) is 0. The Morgan fingerprint density at radius 1 is 1.00 bits per heavy atom. The SMILES string of the molecule is N#C/C(=C/c1ccc(Cl)cc1)c1ccc(C(=O)c2ccc(F)cc2)s1. The highest BCUT2D eigenvalue weighted by Crippen LogP contribution is 2.27. The van der Waals surface area contributed by atoms with Crippen molar-refractivity contribution in [2.75, 3.05) is 0 Å². The maximum absolute atomic E-state index is 13.0. The van der Waals surface area contributed by atoms with Crippen molar-refractivity contribution in [3.8, 4) is 6.07 Å². The minimum Gasteiger partial charge on any atom is -0.288 e. The van der Waals surface area contributed by atoms with Crippen LogP contribution < -0.4 is 0 Å². The molecule has 1 heterocycles. The molecule has 0 bridgehead atoms. The van der Waals surface area contributed by atoms with Crippen LogP contribution in [0.25, 0.3) is 11.6 Å². The number of benzene rings is 2. The Labute approximate surface area is 153 Å². The molecule has 0 aliphatic rings. The van der Waals surface area contributed by atoms with Gasteiger partial charge in [0.05, 0.1) is 10.5 Å². The van der Waals surface area contributed by atoms with Crippen LogP contribution in [0.2, 0.25) is 5.02 Å². The van der Waals surface area contributed by atoms with Crippen molar-refractivity contribution in [2.45, 2.75) is 0 Å². The van der Waals surface area contributed by atoms with Crippen molar-refractivity contribution in [3.63, 3.8) is 0 Å². The van der Waals surface area contributed by atoms with Crippen molar-refractivity contribution >= 4 is 40.4 Å². The number of carbonyl (C=O) groups is 1. The average Bonchev–Trinajstić information content (AvgIpc) is 3.11. The highest BCUT2D eigenvalue weighted by Gasteiger charge is 2.14. The molecule has 0 unspecified atom stereocenters. The zero-order valence-electron chi connectivity index (χ0n) is 12.9. The number of rotatable bonds is 4. The molecule has 2 aromatic carbocycles. The Hall–Kier alpha value is -2.74. The van der Waals surface area contributed by atoms with E-state index in [1.165, 1.54) is 35.6 Å². The van der Waals surface area contributed by atoms with E-state index in [1.807, 2.05) is 12.1 Å². The van der Waals surface area contributed by atoms with Gasteiger partial charge < -0.3 is 0 Å². The van der Waals surface area contributed by atoms with Gasteiger partial charge >= 0.3 is 0 Å². The molecule has 0 atom stereocenters. The molecule has 0 radical (unpaired) electrons. The molecule has 25 heavy (non-hydrogen) atoms. The number of ketones is 1. The van der Waals surface area contributed by atoms with Crippen LogP contribution in [0.3, 0.4) is 0 Å². The zero-order chi connectivity index (χ0) is 17.8. The fraction of sp³-hybridized carbons (Fsp3) is 0. The summed E-state index contributed by atoms with van der Waals surface area (Å²) in [5.41, 5.74) is 1.72. The Kier molecular flexibility index (Phi) is 5.08. The van der Waals surface area contributed by atoms with Crippen LogP contribution in [0.4, 0.5) is 4.39 Å². The van der Waals surface area contributed by atoms with Crippen molar-refractivity contribution in [1.29, 1.82) is 5.26 Å². The summed E-state index contributed by atoms with van der Waals surface area (Å²) in [5, 5.41) is 10.1. The van der Waals surface area contributed by atoms with Gasteiger partial charge in [-0.15, -0.1) is 11.3 Å². The van der Waals surface area contributed by atoms with Crippen molar-refractivity contribution in [2.24, 2.45) is 0 Å². The number of nitriles is 1. The standard InChI is InChI=1S/C20H11ClFNOS/c21-16-5-1-13(2-6-16)11-15(12-23)18-9-10-19(25-18)20(24)14-3-7-17(22)8-4-14/h1-11H/b15-11-. The van der Waals surface area contributed by atoms with Crippen molar-refractivity contribution in [3.05, 3.63) is 92.4 Å². The molecule has 0 aliphatic heterocycles. The maximum atomic E-state index is 13.0. The quantitative estimate of drug-likeness (QED) is 0.429. The van der Waals surface area contributed by atoms with Crippen molar-refractivity contribution < 1.29 is 9.18 Å². The van der Waals surface area contributed by atoms with Gasteiger partial charge in [0.1, 0.15) is 11.9 Å². The van der Waals surface area contributed by atoms with E-state index in [-0.39, 0.29) is 11.6 Å². The first-order valence-corrected chi connectivity index (χ1v) is 8.54. The zero-order valence-corrected chi connectivity index (χ0v) is 14.4. The Morgan fingerprint density at radius 3 is 2.28 bits per heavy atom. The average molecular weight is 368 g/mol. The summed E-state index contributed by atoms with van der Waals surface area (Å²) < 4.78 is 13.0. The second-order valence-corrected chi connectivity index (χ2v) is 6.74. The van der Waals surface area contributed by atoms with Crippen LogP contribution in [0.1, 0.15) is 25.7 Å². The first-order valence-electron chi connectivity index (χ1n) is 7.34. The van der Waals surface area contributed by atoms with E-state index in [2.05, 4.69) is 6.07 Å². The molecule has 5 heteroatoms. The van der Waals surface area contributed by atoms with Gasteiger partial charge in [-0.2, -0.15) is 5.26 Å². The topological polar surface area (TPSA) is 40.9 Å². The van der Waals surface area contributed by atoms with Crippen LogP contribution >= 0.6 is 22.9 Å². The lowest BCUT2D eigenvalue weighted by Gasteiger charge is -1.98. The Morgan fingerprint density at radius 2 is 1.64 bits per heavy atom. The predicted molar refractivity (Wildman–Crippen MR) is 99.1 cm³/mol. The number of hydrogen-bond acceptors (Lipinski definition) is 3. The highest BCUT2D eigenvalue weighted by molar-refractivity contribution is 7.15. The molecule has 0 saturated heterocycles. The molecule has 3 aromatic rings. The first kappa shape index (κ1) is 17.1. The lowest BCUT2D eigenvalue weighted by atomic mass is 10.1. The van der Waals surface area contributed by atoms with E-state index < -0.39 is 0 Å². The van der Waals surface area contributed by atoms with Gasteiger partial charge in [0.2, 0.25) is 5.78 Å². The second kappa shape index (κ2) is 7.43. The summed E-state index contributed by atoms with van der Waals surface area (Å²) in [5.74, 6) is -0.582. The molecule has 0 amide bonds. The monoisotopic (exact) mass is 367 g/mol. The molecule has 0 saturated carbocycles. The summed E-state index contributed by atoms with van der Waals surface area (Å²) in [6.45, 7) is 0. The van der Waals surface area contributed by atoms with E-state index in [1.54, 1.807) is 30.3 Å². The van der Waals surface area contributed by atoms with Gasteiger partial charge in [-0.1, -0.05) is 23.7 Å². The highest BCUT2D eigenvalue weighted by atomic mass is 35.5. The lowest BCUT2D eigenvalue weighted by Crippen LogP contribution is -1.97. The fourth-order valence-corrected chi connectivity index (χ4v) is 3.29. The van der Waals surface area contributed by atoms with Gasteiger partial charge in [-0.05, 0) is 60.2 Å². The maximum Gasteiger partial charge on any atom is 0.202 e. The van der Waals surface area contributed by atoms with Crippen LogP contribution in [0, 0.1) is 17.1 Å². The molecule has 3 rings (SSSR count). The number of halogens is 2. The number of thiophene rings is 1. The van der Waals surface area contributed by atoms with E-state index in [0.717, 1.165) is 5.56 Å². The third-order valence-corrected chi connectivity index (χ3v) is 4.87. The van der Waals surface area contributed by atoms with E-state index in [0.29, 0.717) is 25.9 Å². The van der Waals surface area contributed by atoms with Gasteiger partial charge in [-0.25, -0.2) is 4.39 Å². The fourth-order valence-electron chi connectivity index (χ4n) is 2.23. The molecule has 2 nitrogen and oxygen atoms in total. The normalized spacial score (nSPS) is 11.2. The third-order valence-electron chi connectivity index (χ3n) is 3.50. The van der Waals surface area contributed by atoms with Crippen LogP contribution in [0.15, 0.2) is 60.7 Å². The second-order valence-electron chi connectivity index (χ2n) is 5.22.